The SMILES string of the molecule is CC(C)(C)C(OC(=O)N1CCCC1)Oc1cccc(CS(N)(=O)=O)c1C#N. The predicted octanol–water partition coefficient (Wildman–Crippen LogP) is 2.33. The number of hydrogen-bond donors (Lipinski definition) is 1. The molecule has 1 aromatic rings. The number of carbonyl (C=O) groups is 1. The second kappa shape index (κ2) is 8.15. The lowest BCUT2D eigenvalue weighted by atomic mass is 9.96. The molecule has 1 atom stereocenters. The van der Waals surface area contributed by atoms with E-state index >= 15 is 0 Å². The third-order valence-electron chi connectivity index (χ3n) is 4.09. The molecule has 1 heterocycles. The van der Waals surface area contributed by atoms with Crippen molar-refractivity contribution in [1.82, 2.24) is 4.90 Å². The van der Waals surface area contributed by atoms with E-state index in [0.29, 0.717) is 13.1 Å². The van der Waals surface area contributed by atoms with Crippen LogP contribution >= 0.6 is 0 Å². The number of likely N-dealkylation sites (tertiary alicyclic amines) is 1. The Kier molecular flexibility index (Phi) is 6.34. The van der Waals surface area contributed by atoms with Gasteiger partial charge in [0, 0.05) is 18.5 Å². The smallest absolute Gasteiger partial charge is 0.412 e. The van der Waals surface area contributed by atoms with Gasteiger partial charge in [-0.1, -0.05) is 32.9 Å². The second-order valence-corrected chi connectivity index (χ2v) is 9.22. The lowest BCUT2D eigenvalue weighted by molar-refractivity contribution is -0.107. The van der Waals surface area contributed by atoms with Gasteiger partial charge in [-0.3, -0.25) is 0 Å². The van der Waals surface area contributed by atoms with Crippen LogP contribution in [0.2, 0.25) is 0 Å². The summed E-state index contributed by atoms with van der Waals surface area (Å²) < 4.78 is 34.2. The molecule has 9 heteroatoms. The van der Waals surface area contributed by atoms with E-state index in [4.69, 9.17) is 14.6 Å². The molecule has 27 heavy (non-hydrogen) atoms. The number of primary sulfonamides is 1. The fraction of sp³-hybridized carbons (Fsp3) is 0.556. The molecular formula is C18H25N3O5S. The third kappa shape index (κ3) is 5.84. The Balaban J connectivity index is 2.28. The van der Waals surface area contributed by atoms with E-state index in [2.05, 4.69) is 0 Å². The van der Waals surface area contributed by atoms with E-state index in [1.54, 1.807) is 11.0 Å². The van der Waals surface area contributed by atoms with E-state index in [1.165, 1.54) is 12.1 Å². The third-order valence-corrected chi connectivity index (χ3v) is 4.81. The molecule has 0 bridgehead atoms. The van der Waals surface area contributed by atoms with Crippen molar-refractivity contribution in [3.8, 4) is 11.8 Å². The highest BCUT2D eigenvalue weighted by Crippen LogP contribution is 2.30. The largest absolute Gasteiger partial charge is 0.453 e. The molecule has 8 nitrogen and oxygen atoms in total. The second-order valence-electron chi connectivity index (χ2n) is 7.60. The number of sulfonamides is 1. The number of amides is 1. The fourth-order valence-electron chi connectivity index (χ4n) is 2.70. The highest BCUT2D eigenvalue weighted by molar-refractivity contribution is 7.88. The maximum absolute atomic E-state index is 12.4. The quantitative estimate of drug-likeness (QED) is 0.763. The molecule has 148 valence electrons. The molecule has 0 aliphatic carbocycles. The van der Waals surface area contributed by atoms with Gasteiger partial charge in [-0.05, 0) is 24.5 Å². The summed E-state index contributed by atoms with van der Waals surface area (Å²) in [5, 5.41) is 14.6. The van der Waals surface area contributed by atoms with Crippen molar-refractivity contribution in [2.24, 2.45) is 10.6 Å². The Morgan fingerprint density at radius 1 is 1.33 bits per heavy atom. The van der Waals surface area contributed by atoms with E-state index in [9.17, 15) is 18.5 Å². The molecule has 2 rings (SSSR count). The first kappa shape index (κ1) is 21.0. The van der Waals surface area contributed by atoms with Gasteiger partial charge in [0.1, 0.15) is 11.8 Å². The minimum atomic E-state index is -3.81. The highest BCUT2D eigenvalue weighted by atomic mass is 32.2. The molecule has 0 saturated carbocycles. The Hall–Kier alpha value is -2.31. The van der Waals surface area contributed by atoms with Gasteiger partial charge in [0.25, 0.3) is 6.29 Å². The van der Waals surface area contributed by atoms with E-state index < -0.39 is 33.6 Å². The molecule has 0 radical (unpaired) electrons. The number of nitrogens with two attached hydrogens (primary N) is 1. The molecule has 0 spiro atoms. The zero-order valence-corrected chi connectivity index (χ0v) is 16.6. The van der Waals surface area contributed by atoms with Crippen LogP contribution in [-0.4, -0.2) is 38.8 Å². The summed E-state index contributed by atoms with van der Waals surface area (Å²) in [6.45, 7) is 6.81. The van der Waals surface area contributed by atoms with Crippen molar-refractivity contribution in [2.45, 2.75) is 45.7 Å². The van der Waals surface area contributed by atoms with E-state index in [0.717, 1.165) is 12.8 Å². The van der Waals surface area contributed by atoms with Crippen molar-refractivity contribution in [3.63, 3.8) is 0 Å². The lowest BCUT2D eigenvalue weighted by Crippen LogP contribution is -2.41. The van der Waals surface area contributed by atoms with Crippen molar-refractivity contribution >= 4 is 16.1 Å². The van der Waals surface area contributed by atoms with Crippen LogP contribution in [0, 0.1) is 16.7 Å². The van der Waals surface area contributed by atoms with Crippen LogP contribution in [0.1, 0.15) is 44.7 Å². The van der Waals surface area contributed by atoms with Gasteiger partial charge in [-0.2, -0.15) is 5.26 Å². The van der Waals surface area contributed by atoms with Crippen LogP contribution in [0.3, 0.4) is 0 Å². The summed E-state index contributed by atoms with van der Waals surface area (Å²) in [5.74, 6) is -0.339. The zero-order chi connectivity index (χ0) is 20.2. The average Bonchev–Trinajstić information content (AvgIpc) is 3.06. The summed E-state index contributed by atoms with van der Waals surface area (Å²) in [4.78, 5) is 14.0. The summed E-state index contributed by atoms with van der Waals surface area (Å²) in [7, 11) is -3.81. The van der Waals surface area contributed by atoms with Gasteiger partial charge < -0.3 is 14.4 Å². The maximum Gasteiger partial charge on any atom is 0.412 e. The van der Waals surface area contributed by atoms with Gasteiger partial charge in [-0.25, -0.2) is 18.4 Å². The molecule has 2 N–H and O–H groups in total. The molecular weight excluding hydrogens is 370 g/mol. The number of hydrogen-bond acceptors (Lipinski definition) is 6. The van der Waals surface area contributed by atoms with Gasteiger partial charge in [0.15, 0.2) is 0 Å². The monoisotopic (exact) mass is 395 g/mol. The number of nitrogens with zero attached hydrogens (tertiary/aromatic N) is 2. The standard InChI is InChI=1S/C18H25N3O5S/c1-18(2,3)16(26-17(22)21-9-4-5-10-21)25-15-8-6-7-13(14(15)11-19)12-27(20,23)24/h6-8,16H,4-5,9-10,12H2,1-3H3,(H2,20,23,24). The highest BCUT2D eigenvalue weighted by Gasteiger charge is 2.33. The molecule has 1 unspecified atom stereocenters. The van der Waals surface area contributed by atoms with Crippen molar-refractivity contribution in [2.75, 3.05) is 13.1 Å². The first-order valence-corrected chi connectivity index (χ1v) is 10.4. The summed E-state index contributed by atoms with van der Waals surface area (Å²) in [6.07, 6.45) is 0.448. The summed E-state index contributed by atoms with van der Waals surface area (Å²) in [5.41, 5.74) is -0.285. The van der Waals surface area contributed by atoms with Crippen LogP contribution < -0.4 is 9.88 Å². The molecule has 0 aromatic heterocycles. The normalized spacial score (nSPS) is 15.9. The van der Waals surface area contributed by atoms with Crippen LogP contribution in [0.15, 0.2) is 18.2 Å². The van der Waals surface area contributed by atoms with Crippen molar-refractivity contribution in [1.29, 1.82) is 5.26 Å². The Morgan fingerprint density at radius 3 is 2.48 bits per heavy atom. The topological polar surface area (TPSA) is 123 Å². The van der Waals surface area contributed by atoms with E-state index in [1.807, 2.05) is 26.8 Å². The molecule has 1 saturated heterocycles. The number of ether oxygens (including phenoxy) is 2. The van der Waals surface area contributed by atoms with Gasteiger partial charge in [-0.15, -0.1) is 0 Å². The first-order valence-electron chi connectivity index (χ1n) is 8.66. The van der Waals surface area contributed by atoms with Crippen molar-refractivity contribution in [3.05, 3.63) is 29.3 Å². The Bertz CT molecular complexity index is 834. The molecule has 1 fully saturated rings. The maximum atomic E-state index is 12.4. The first-order chi connectivity index (χ1) is 12.5. The Labute approximate surface area is 159 Å². The van der Waals surface area contributed by atoms with Crippen molar-refractivity contribution < 1.29 is 22.7 Å². The number of nitriles is 1. The number of carbonyl (C=O) groups excluding carboxylic acids is 1. The molecule has 1 amide bonds. The fourth-order valence-corrected chi connectivity index (χ4v) is 3.37. The minimum Gasteiger partial charge on any atom is -0.453 e. The van der Waals surface area contributed by atoms with E-state index in [-0.39, 0.29) is 16.9 Å². The average molecular weight is 395 g/mol. The molecule has 1 aliphatic heterocycles. The van der Waals surface area contributed by atoms with Gasteiger partial charge in [0.05, 0.1) is 11.3 Å². The van der Waals surface area contributed by atoms with Crippen LogP contribution in [0.25, 0.3) is 0 Å². The number of benzene rings is 1. The Morgan fingerprint density at radius 2 is 1.96 bits per heavy atom. The predicted molar refractivity (Wildman–Crippen MR) is 99.1 cm³/mol. The number of rotatable bonds is 5. The van der Waals surface area contributed by atoms with Gasteiger partial charge >= 0.3 is 6.09 Å². The molecule has 1 aliphatic rings. The van der Waals surface area contributed by atoms with Crippen LogP contribution in [-0.2, 0) is 20.5 Å². The lowest BCUT2D eigenvalue weighted by Gasteiger charge is -2.32. The summed E-state index contributed by atoms with van der Waals surface area (Å²) in [6, 6.07) is 6.56. The zero-order valence-electron chi connectivity index (χ0n) is 15.8. The summed E-state index contributed by atoms with van der Waals surface area (Å²) >= 11 is 0. The van der Waals surface area contributed by atoms with Crippen LogP contribution in [0.4, 0.5) is 4.79 Å². The molecule has 1 aromatic carbocycles. The van der Waals surface area contributed by atoms with Crippen LogP contribution in [0.5, 0.6) is 5.75 Å². The van der Waals surface area contributed by atoms with Gasteiger partial charge in [0.2, 0.25) is 10.0 Å². The minimum absolute atomic E-state index is 0.0537.